The van der Waals surface area contributed by atoms with Gasteiger partial charge in [0.25, 0.3) is 0 Å². The second-order valence-electron chi connectivity index (χ2n) is 5.80. The van der Waals surface area contributed by atoms with Crippen molar-refractivity contribution in [1.29, 1.82) is 0 Å². The van der Waals surface area contributed by atoms with Crippen LogP contribution in [0.5, 0.6) is 0 Å². The summed E-state index contributed by atoms with van der Waals surface area (Å²) in [5.74, 6) is -0.961. The maximum atomic E-state index is 11.7. The Bertz CT molecular complexity index is 928. The average Bonchev–Trinajstić information content (AvgIpc) is 3.02. The van der Waals surface area contributed by atoms with E-state index in [1.807, 2.05) is 24.4 Å². The van der Waals surface area contributed by atoms with Gasteiger partial charge in [0.1, 0.15) is 6.54 Å². The van der Waals surface area contributed by atoms with Crippen LogP contribution in [-0.2, 0) is 11.3 Å². The van der Waals surface area contributed by atoms with Gasteiger partial charge in [-0.25, -0.2) is 4.79 Å². The lowest BCUT2D eigenvalue weighted by atomic mass is 10.0. The molecule has 24 heavy (non-hydrogen) atoms. The molecular formula is C18H17N3O3. The lowest BCUT2D eigenvalue weighted by molar-refractivity contribution is -0.129. The predicted octanol–water partition coefficient (Wildman–Crippen LogP) is 2.49. The number of nitrogens with zero attached hydrogens (tertiary/aromatic N) is 3. The van der Waals surface area contributed by atoms with Crippen LogP contribution in [0.2, 0.25) is 0 Å². The smallest absolute Gasteiger partial charge is 0.335 e. The maximum Gasteiger partial charge on any atom is 0.335 e. The number of likely N-dealkylation sites (N-methyl/N-ethyl adjacent to an activating group) is 1. The molecule has 0 atom stereocenters. The number of aromatic nitrogens is 2. The van der Waals surface area contributed by atoms with Gasteiger partial charge in [-0.15, -0.1) is 0 Å². The number of fused-ring (bicyclic) bond motifs is 1. The van der Waals surface area contributed by atoms with E-state index in [-0.39, 0.29) is 18.0 Å². The van der Waals surface area contributed by atoms with Gasteiger partial charge in [0.05, 0.1) is 11.8 Å². The van der Waals surface area contributed by atoms with Crippen molar-refractivity contribution < 1.29 is 14.7 Å². The molecule has 0 aliphatic rings. The highest BCUT2D eigenvalue weighted by molar-refractivity contribution is 5.95. The fourth-order valence-corrected chi connectivity index (χ4v) is 2.44. The highest BCUT2D eigenvalue weighted by atomic mass is 16.4. The normalized spacial score (nSPS) is 10.8. The summed E-state index contributed by atoms with van der Waals surface area (Å²) in [7, 11) is 3.42. The molecule has 0 aliphatic carbocycles. The number of benzene rings is 2. The molecule has 2 aromatic carbocycles. The fourth-order valence-electron chi connectivity index (χ4n) is 2.44. The number of hydrogen-bond acceptors (Lipinski definition) is 3. The summed E-state index contributed by atoms with van der Waals surface area (Å²) in [6.07, 6.45) is 3.55. The minimum atomic E-state index is -0.937. The third-order valence-corrected chi connectivity index (χ3v) is 3.85. The van der Waals surface area contributed by atoms with E-state index in [2.05, 4.69) is 5.10 Å². The number of amides is 1. The van der Waals surface area contributed by atoms with E-state index in [0.717, 1.165) is 21.9 Å². The Morgan fingerprint density at radius 2 is 1.79 bits per heavy atom. The lowest BCUT2D eigenvalue weighted by Gasteiger charge is -2.09. The number of rotatable bonds is 4. The first kappa shape index (κ1) is 15.7. The SMILES string of the molecule is CN(C)C(=O)Cn1cc(-c2ccc3cc(C(=O)O)ccc3c2)cn1. The molecule has 0 saturated carbocycles. The van der Waals surface area contributed by atoms with Gasteiger partial charge in [-0.1, -0.05) is 18.2 Å². The molecular weight excluding hydrogens is 306 g/mol. The van der Waals surface area contributed by atoms with Crippen molar-refractivity contribution >= 4 is 22.6 Å². The zero-order valence-corrected chi connectivity index (χ0v) is 13.4. The van der Waals surface area contributed by atoms with Gasteiger partial charge in [-0.3, -0.25) is 9.48 Å². The van der Waals surface area contributed by atoms with Gasteiger partial charge in [0.2, 0.25) is 5.91 Å². The number of carboxylic acid groups (broad SMARTS) is 1. The van der Waals surface area contributed by atoms with E-state index < -0.39 is 5.97 Å². The monoisotopic (exact) mass is 323 g/mol. The molecule has 6 heteroatoms. The van der Waals surface area contributed by atoms with Crippen LogP contribution in [0, 0.1) is 0 Å². The first-order chi connectivity index (χ1) is 11.4. The topological polar surface area (TPSA) is 75.4 Å². The van der Waals surface area contributed by atoms with Crippen molar-refractivity contribution in [2.75, 3.05) is 14.1 Å². The largest absolute Gasteiger partial charge is 0.478 e. The van der Waals surface area contributed by atoms with E-state index in [1.54, 1.807) is 43.2 Å². The molecule has 0 fully saturated rings. The molecule has 0 unspecified atom stereocenters. The van der Waals surface area contributed by atoms with Crippen LogP contribution in [0.15, 0.2) is 48.8 Å². The quantitative estimate of drug-likeness (QED) is 0.800. The van der Waals surface area contributed by atoms with Crippen LogP contribution in [0.1, 0.15) is 10.4 Å². The standard InChI is InChI=1S/C18H17N3O3/c1-20(2)17(22)11-21-10-16(9-19-21)14-4-3-13-8-15(18(23)24)6-5-12(13)7-14/h3-10H,11H2,1-2H3,(H,23,24). The summed E-state index contributed by atoms with van der Waals surface area (Å²) in [6.45, 7) is 0.197. The summed E-state index contributed by atoms with van der Waals surface area (Å²) in [5.41, 5.74) is 2.14. The molecule has 122 valence electrons. The number of aromatic carboxylic acids is 1. The van der Waals surface area contributed by atoms with Gasteiger partial charge < -0.3 is 10.0 Å². The Hall–Kier alpha value is -3.15. The Kier molecular flexibility index (Phi) is 4.04. The van der Waals surface area contributed by atoms with Gasteiger partial charge >= 0.3 is 5.97 Å². The van der Waals surface area contributed by atoms with E-state index in [0.29, 0.717) is 0 Å². The molecule has 1 N–H and O–H groups in total. The summed E-state index contributed by atoms with van der Waals surface area (Å²) >= 11 is 0. The van der Waals surface area contributed by atoms with Crippen LogP contribution in [0.3, 0.4) is 0 Å². The Morgan fingerprint density at radius 1 is 1.08 bits per heavy atom. The first-order valence-corrected chi connectivity index (χ1v) is 7.44. The predicted molar refractivity (Wildman–Crippen MR) is 90.8 cm³/mol. The number of carbonyl (C=O) groups excluding carboxylic acids is 1. The molecule has 0 saturated heterocycles. The Balaban J connectivity index is 1.90. The van der Waals surface area contributed by atoms with Crippen molar-refractivity contribution in [3.05, 3.63) is 54.4 Å². The summed E-state index contributed by atoms with van der Waals surface area (Å²) in [6, 6.07) is 10.8. The molecule has 3 aromatic rings. The summed E-state index contributed by atoms with van der Waals surface area (Å²) in [5, 5.41) is 15.1. The van der Waals surface area contributed by atoms with Crippen LogP contribution in [0.25, 0.3) is 21.9 Å². The first-order valence-electron chi connectivity index (χ1n) is 7.44. The van der Waals surface area contributed by atoms with E-state index in [9.17, 15) is 9.59 Å². The molecule has 1 aromatic heterocycles. The third-order valence-electron chi connectivity index (χ3n) is 3.85. The highest BCUT2D eigenvalue weighted by Crippen LogP contribution is 2.25. The highest BCUT2D eigenvalue weighted by Gasteiger charge is 2.09. The minimum absolute atomic E-state index is 0.0237. The molecule has 0 radical (unpaired) electrons. The van der Waals surface area contributed by atoms with E-state index in [1.165, 1.54) is 4.90 Å². The van der Waals surface area contributed by atoms with Gasteiger partial charge in [0, 0.05) is 25.9 Å². The van der Waals surface area contributed by atoms with Crippen molar-refractivity contribution in [1.82, 2.24) is 14.7 Å². The van der Waals surface area contributed by atoms with Crippen LogP contribution in [0.4, 0.5) is 0 Å². The molecule has 1 heterocycles. The van der Waals surface area contributed by atoms with Crippen molar-refractivity contribution in [2.45, 2.75) is 6.54 Å². The van der Waals surface area contributed by atoms with Gasteiger partial charge in [0.15, 0.2) is 0 Å². The fraction of sp³-hybridized carbons (Fsp3) is 0.167. The molecule has 3 rings (SSSR count). The van der Waals surface area contributed by atoms with Crippen LogP contribution >= 0.6 is 0 Å². The lowest BCUT2D eigenvalue weighted by Crippen LogP contribution is -2.26. The molecule has 0 bridgehead atoms. The number of hydrogen-bond donors (Lipinski definition) is 1. The molecule has 0 aliphatic heterocycles. The van der Waals surface area contributed by atoms with Gasteiger partial charge in [-0.2, -0.15) is 5.10 Å². The van der Waals surface area contributed by atoms with Crippen molar-refractivity contribution in [3.8, 4) is 11.1 Å². The maximum absolute atomic E-state index is 11.7. The molecule has 0 spiro atoms. The van der Waals surface area contributed by atoms with E-state index >= 15 is 0 Å². The molecule has 6 nitrogen and oxygen atoms in total. The minimum Gasteiger partial charge on any atom is -0.478 e. The summed E-state index contributed by atoms with van der Waals surface area (Å²) in [4.78, 5) is 24.3. The van der Waals surface area contributed by atoms with Crippen molar-refractivity contribution in [3.63, 3.8) is 0 Å². The van der Waals surface area contributed by atoms with E-state index in [4.69, 9.17) is 5.11 Å². The van der Waals surface area contributed by atoms with Crippen LogP contribution in [-0.4, -0.2) is 45.8 Å². The Morgan fingerprint density at radius 3 is 2.50 bits per heavy atom. The molecule has 1 amide bonds. The second kappa shape index (κ2) is 6.16. The summed E-state index contributed by atoms with van der Waals surface area (Å²) < 4.78 is 1.61. The zero-order chi connectivity index (χ0) is 17.3. The van der Waals surface area contributed by atoms with Gasteiger partial charge in [-0.05, 0) is 34.5 Å². The number of carbonyl (C=O) groups is 2. The Labute approximate surface area is 138 Å². The van der Waals surface area contributed by atoms with Crippen molar-refractivity contribution in [2.24, 2.45) is 0 Å². The number of carboxylic acids is 1. The zero-order valence-electron chi connectivity index (χ0n) is 13.4. The average molecular weight is 323 g/mol. The second-order valence-corrected chi connectivity index (χ2v) is 5.80. The van der Waals surface area contributed by atoms with Crippen LogP contribution < -0.4 is 0 Å². The third kappa shape index (κ3) is 3.12.